The van der Waals surface area contributed by atoms with Gasteiger partial charge in [0.15, 0.2) is 0 Å². The van der Waals surface area contributed by atoms with Gasteiger partial charge in [-0.1, -0.05) is 105 Å². The minimum absolute atomic E-state index is 0.0116. The number of allylic oxidation sites excluding steroid dienone is 3. The van der Waals surface area contributed by atoms with Crippen molar-refractivity contribution in [3.05, 3.63) is 84.0 Å². The average Bonchev–Trinajstić information content (AvgIpc) is 2.71. The van der Waals surface area contributed by atoms with Crippen LogP contribution in [0.2, 0.25) is 5.04 Å². The van der Waals surface area contributed by atoms with Crippen LogP contribution in [0.15, 0.2) is 84.0 Å². The van der Waals surface area contributed by atoms with E-state index < -0.39 is 8.32 Å². The van der Waals surface area contributed by atoms with Crippen LogP contribution in [-0.4, -0.2) is 20.8 Å². The number of alkyl halides is 1. The fourth-order valence-electron chi connectivity index (χ4n) is 3.77. The van der Waals surface area contributed by atoms with E-state index >= 15 is 0 Å². The summed E-state index contributed by atoms with van der Waals surface area (Å²) in [7, 11) is -2.45. The van der Waals surface area contributed by atoms with Crippen molar-refractivity contribution in [1.29, 1.82) is 0 Å². The molecule has 2 aromatic carbocycles. The Hall–Kier alpha value is -1.61. The second kappa shape index (κ2) is 11.0. The van der Waals surface area contributed by atoms with Crippen molar-refractivity contribution in [2.75, 3.05) is 12.5 Å². The van der Waals surface area contributed by atoms with Crippen LogP contribution in [0.4, 0.5) is 0 Å². The first kappa shape index (κ1) is 23.7. The van der Waals surface area contributed by atoms with Gasteiger partial charge < -0.3 is 4.43 Å². The van der Waals surface area contributed by atoms with Crippen molar-refractivity contribution in [3.63, 3.8) is 0 Å². The highest BCUT2D eigenvalue weighted by Gasteiger charge is 2.49. The molecule has 0 saturated heterocycles. The van der Waals surface area contributed by atoms with Crippen LogP contribution in [0.5, 0.6) is 0 Å². The normalized spacial score (nSPS) is 13.6. The molecule has 0 unspecified atom stereocenters. The molecule has 0 spiro atoms. The van der Waals surface area contributed by atoms with Crippen LogP contribution >= 0.6 is 11.6 Å². The van der Waals surface area contributed by atoms with Gasteiger partial charge in [-0.25, -0.2) is 0 Å². The zero-order valence-electron chi connectivity index (χ0n) is 18.5. The third-order valence-electron chi connectivity index (χ3n) is 5.39. The molecular formula is C26H35ClOSi. The molecule has 156 valence electrons. The van der Waals surface area contributed by atoms with Gasteiger partial charge in [-0.15, -0.1) is 11.6 Å². The largest absolute Gasteiger partial charge is 0.404 e. The van der Waals surface area contributed by atoms with E-state index in [2.05, 4.69) is 107 Å². The third-order valence-corrected chi connectivity index (χ3v) is 10.8. The van der Waals surface area contributed by atoms with Gasteiger partial charge >= 0.3 is 0 Å². The lowest BCUT2D eigenvalue weighted by Crippen LogP contribution is -2.66. The fraction of sp³-hybridized carbons (Fsp3) is 0.385. The van der Waals surface area contributed by atoms with Crippen LogP contribution in [0.1, 0.15) is 47.5 Å². The Balaban J connectivity index is 2.31. The molecule has 0 saturated carbocycles. The zero-order valence-corrected chi connectivity index (χ0v) is 20.3. The summed E-state index contributed by atoms with van der Waals surface area (Å²) >= 11 is 5.86. The molecule has 0 aliphatic carbocycles. The van der Waals surface area contributed by atoms with Gasteiger partial charge in [0.25, 0.3) is 8.32 Å². The highest BCUT2D eigenvalue weighted by atomic mass is 35.5. The summed E-state index contributed by atoms with van der Waals surface area (Å²) in [6.45, 7) is 11.9. The van der Waals surface area contributed by atoms with Crippen molar-refractivity contribution in [3.8, 4) is 0 Å². The molecule has 0 bridgehead atoms. The van der Waals surface area contributed by atoms with Crippen LogP contribution in [0.3, 0.4) is 0 Å². The highest BCUT2D eigenvalue weighted by molar-refractivity contribution is 6.99. The molecule has 0 aromatic heterocycles. The molecule has 0 aliphatic heterocycles. The monoisotopic (exact) mass is 426 g/mol. The van der Waals surface area contributed by atoms with Crippen LogP contribution in [-0.2, 0) is 4.43 Å². The summed E-state index contributed by atoms with van der Waals surface area (Å²) in [5.41, 5.74) is 2.60. The second-order valence-corrected chi connectivity index (χ2v) is 13.3. The Morgan fingerprint density at radius 1 is 0.862 bits per heavy atom. The van der Waals surface area contributed by atoms with E-state index in [0.717, 1.165) is 12.8 Å². The van der Waals surface area contributed by atoms with E-state index in [1.54, 1.807) is 0 Å². The third kappa shape index (κ3) is 6.18. The molecule has 2 aromatic rings. The maximum Gasteiger partial charge on any atom is 0.261 e. The first-order chi connectivity index (χ1) is 13.8. The molecule has 0 atom stereocenters. The Labute approximate surface area is 183 Å². The van der Waals surface area contributed by atoms with Crippen molar-refractivity contribution in [1.82, 2.24) is 0 Å². The Kier molecular flexibility index (Phi) is 8.95. The van der Waals surface area contributed by atoms with Crippen LogP contribution < -0.4 is 10.4 Å². The summed E-state index contributed by atoms with van der Waals surface area (Å²) in [5.74, 6) is 0.611. The van der Waals surface area contributed by atoms with Gasteiger partial charge in [0.2, 0.25) is 0 Å². The smallest absolute Gasteiger partial charge is 0.261 e. The summed E-state index contributed by atoms with van der Waals surface area (Å²) in [5, 5.41) is 2.66. The van der Waals surface area contributed by atoms with Gasteiger partial charge in [-0.05, 0) is 42.1 Å². The molecule has 1 nitrogen and oxygen atoms in total. The zero-order chi connectivity index (χ0) is 21.3. The summed E-state index contributed by atoms with van der Waals surface area (Å²) < 4.78 is 6.91. The number of rotatable bonds is 9. The van der Waals surface area contributed by atoms with E-state index in [1.807, 2.05) is 0 Å². The lowest BCUT2D eigenvalue weighted by Gasteiger charge is -2.42. The number of halogens is 1. The van der Waals surface area contributed by atoms with Crippen LogP contribution in [0.25, 0.3) is 0 Å². The molecule has 0 aliphatic rings. The van der Waals surface area contributed by atoms with Crippen molar-refractivity contribution in [2.45, 2.75) is 52.5 Å². The van der Waals surface area contributed by atoms with Crippen molar-refractivity contribution in [2.24, 2.45) is 0 Å². The number of hydrogen-bond acceptors (Lipinski definition) is 1. The standard InChI is InChI=1S/C26H35ClOSi/c1-22(13-12-14-23(2)21-27)19-20-28-29(26(3,4)5,24-15-8-6-9-16-24)25-17-10-7-11-18-25/h6-11,14-19H,12-13,20-21H2,1-5H3. The fourth-order valence-corrected chi connectivity index (χ4v) is 8.37. The van der Waals surface area contributed by atoms with Crippen molar-refractivity contribution >= 4 is 30.3 Å². The van der Waals surface area contributed by atoms with E-state index in [1.165, 1.54) is 21.5 Å². The number of hydrogen-bond donors (Lipinski definition) is 0. The molecule has 2 rings (SSSR count). The molecular weight excluding hydrogens is 392 g/mol. The van der Waals surface area contributed by atoms with Gasteiger partial charge in [-0.2, -0.15) is 0 Å². The number of benzene rings is 2. The predicted octanol–water partition coefficient (Wildman–Crippen LogP) is 6.47. The van der Waals surface area contributed by atoms with Crippen LogP contribution in [0, 0.1) is 0 Å². The van der Waals surface area contributed by atoms with Gasteiger partial charge in [0, 0.05) is 5.88 Å². The molecule has 29 heavy (non-hydrogen) atoms. The Morgan fingerprint density at radius 2 is 1.38 bits per heavy atom. The lowest BCUT2D eigenvalue weighted by atomic mass is 10.1. The highest BCUT2D eigenvalue weighted by Crippen LogP contribution is 2.36. The minimum atomic E-state index is -2.45. The SMILES string of the molecule is CC(=CCCC(C)=CCO[Si](c1ccccc1)(c1ccccc1)C(C)(C)C)CCl. The van der Waals surface area contributed by atoms with E-state index in [9.17, 15) is 0 Å². The molecule has 0 radical (unpaired) electrons. The molecule has 0 fully saturated rings. The first-order valence-corrected chi connectivity index (χ1v) is 12.9. The molecule has 0 N–H and O–H groups in total. The Bertz CT molecular complexity index is 764. The quantitative estimate of drug-likeness (QED) is 0.253. The molecule has 3 heteroatoms. The minimum Gasteiger partial charge on any atom is -0.404 e. The van der Waals surface area contributed by atoms with Gasteiger partial charge in [0.1, 0.15) is 0 Å². The maximum absolute atomic E-state index is 6.91. The van der Waals surface area contributed by atoms with E-state index in [0.29, 0.717) is 12.5 Å². The summed E-state index contributed by atoms with van der Waals surface area (Å²) in [6, 6.07) is 21.6. The molecule has 0 amide bonds. The second-order valence-electron chi connectivity index (χ2n) is 8.75. The summed E-state index contributed by atoms with van der Waals surface area (Å²) in [4.78, 5) is 0. The molecule has 0 heterocycles. The summed E-state index contributed by atoms with van der Waals surface area (Å²) in [6.07, 6.45) is 6.55. The first-order valence-electron chi connectivity index (χ1n) is 10.4. The lowest BCUT2D eigenvalue weighted by molar-refractivity contribution is 0.338. The van der Waals surface area contributed by atoms with E-state index in [4.69, 9.17) is 16.0 Å². The predicted molar refractivity (Wildman–Crippen MR) is 131 cm³/mol. The average molecular weight is 427 g/mol. The van der Waals surface area contributed by atoms with E-state index in [-0.39, 0.29) is 5.04 Å². The van der Waals surface area contributed by atoms with Crippen molar-refractivity contribution < 1.29 is 4.43 Å². The van der Waals surface area contributed by atoms with Gasteiger partial charge in [0.05, 0.1) is 6.61 Å². The van der Waals surface area contributed by atoms with Gasteiger partial charge in [-0.3, -0.25) is 0 Å². The topological polar surface area (TPSA) is 9.23 Å². The maximum atomic E-state index is 6.91. The Morgan fingerprint density at radius 3 is 1.83 bits per heavy atom.